The Labute approximate surface area is 119 Å². The molecule has 0 radical (unpaired) electrons. The summed E-state index contributed by atoms with van der Waals surface area (Å²) in [6.07, 6.45) is 0.621. The molecule has 1 aromatic rings. The fourth-order valence-corrected chi connectivity index (χ4v) is 1.41. The predicted molar refractivity (Wildman–Crippen MR) is 74.7 cm³/mol. The molecule has 0 unspecified atom stereocenters. The average Bonchev–Trinajstić information content (AvgIpc) is 2.44. The first-order valence-corrected chi connectivity index (χ1v) is 6.60. The number of methoxy groups -OCH3 is 1. The minimum absolute atomic E-state index is 0.276. The van der Waals surface area contributed by atoms with Crippen molar-refractivity contribution in [3.8, 4) is 5.75 Å². The third kappa shape index (κ3) is 5.59. The highest BCUT2D eigenvalue weighted by Crippen LogP contribution is 2.15. The van der Waals surface area contributed by atoms with Gasteiger partial charge in [-0.05, 0) is 39.0 Å². The van der Waals surface area contributed by atoms with Crippen LogP contribution in [0.15, 0.2) is 24.3 Å². The Morgan fingerprint density at radius 2 is 2.05 bits per heavy atom. The van der Waals surface area contributed by atoms with E-state index >= 15 is 0 Å². The van der Waals surface area contributed by atoms with Crippen LogP contribution in [0.2, 0.25) is 0 Å². The highest BCUT2D eigenvalue weighted by atomic mass is 17.2. The van der Waals surface area contributed by atoms with Gasteiger partial charge in [-0.15, -0.1) is 0 Å². The summed E-state index contributed by atoms with van der Waals surface area (Å²) in [7, 11) is 1.63. The molecule has 1 aromatic carbocycles. The van der Waals surface area contributed by atoms with Gasteiger partial charge in [-0.3, -0.25) is 4.89 Å². The van der Waals surface area contributed by atoms with E-state index in [1.807, 2.05) is 20.8 Å². The third-order valence-electron chi connectivity index (χ3n) is 2.86. The highest BCUT2D eigenvalue weighted by molar-refractivity contribution is 5.89. The van der Waals surface area contributed by atoms with Crippen molar-refractivity contribution in [1.29, 1.82) is 0 Å². The molecule has 5 heteroatoms. The molecule has 0 aliphatic rings. The molecule has 112 valence electrons. The molecule has 0 N–H and O–H groups in total. The monoisotopic (exact) mass is 282 g/mol. The Hall–Kier alpha value is -1.59. The van der Waals surface area contributed by atoms with Crippen LogP contribution < -0.4 is 4.74 Å². The van der Waals surface area contributed by atoms with Crippen molar-refractivity contribution in [2.45, 2.75) is 32.8 Å². The van der Waals surface area contributed by atoms with Crippen molar-refractivity contribution in [2.75, 3.05) is 20.3 Å². The standard InChI is InChI=1S/C15H22O5/c1-5-18-13-8-6-7-12(11-13)14(16)20-19-10-9-15(2,3)17-4/h6-8,11H,5,9-10H2,1-4H3. The van der Waals surface area contributed by atoms with E-state index < -0.39 is 5.97 Å². The van der Waals surface area contributed by atoms with Gasteiger partial charge in [-0.1, -0.05) is 6.07 Å². The maximum absolute atomic E-state index is 11.8. The molecule has 0 aliphatic carbocycles. The minimum atomic E-state index is -0.540. The van der Waals surface area contributed by atoms with E-state index in [0.29, 0.717) is 24.3 Å². The van der Waals surface area contributed by atoms with Gasteiger partial charge in [-0.2, -0.15) is 4.89 Å². The Kier molecular flexibility index (Phi) is 6.48. The zero-order valence-electron chi connectivity index (χ0n) is 12.5. The molecule has 0 amide bonds. The zero-order valence-corrected chi connectivity index (χ0v) is 12.5. The zero-order chi connectivity index (χ0) is 15.0. The van der Waals surface area contributed by atoms with E-state index in [1.54, 1.807) is 31.4 Å². The molecule has 0 saturated carbocycles. The van der Waals surface area contributed by atoms with Gasteiger partial charge in [0.1, 0.15) is 5.75 Å². The van der Waals surface area contributed by atoms with Crippen molar-refractivity contribution in [3.05, 3.63) is 29.8 Å². The Morgan fingerprint density at radius 1 is 1.30 bits per heavy atom. The SMILES string of the molecule is CCOc1cccc(C(=O)OOCCC(C)(C)OC)c1. The molecule has 0 fully saturated rings. The van der Waals surface area contributed by atoms with Crippen molar-refractivity contribution in [1.82, 2.24) is 0 Å². The lowest BCUT2D eigenvalue weighted by molar-refractivity contribution is -0.247. The summed E-state index contributed by atoms with van der Waals surface area (Å²) in [6.45, 7) is 6.57. The Bertz CT molecular complexity index is 428. The first kappa shape index (κ1) is 16.5. The fraction of sp³-hybridized carbons (Fsp3) is 0.533. The molecule has 20 heavy (non-hydrogen) atoms. The van der Waals surface area contributed by atoms with E-state index in [4.69, 9.17) is 19.2 Å². The number of hydrogen-bond acceptors (Lipinski definition) is 5. The Balaban J connectivity index is 2.41. The van der Waals surface area contributed by atoms with Crippen LogP contribution in [-0.2, 0) is 14.5 Å². The molecule has 1 rings (SSSR count). The predicted octanol–water partition coefficient (Wildman–Crippen LogP) is 2.99. The summed E-state index contributed by atoms with van der Waals surface area (Å²) in [5.41, 5.74) is 0.0864. The number of hydrogen-bond donors (Lipinski definition) is 0. The maximum atomic E-state index is 11.8. The van der Waals surface area contributed by atoms with Gasteiger partial charge in [-0.25, -0.2) is 4.79 Å². The summed E-state index contributed by atoms with van der Waals surface area (Å²) in [5, 5.41) is 0. The van der Waals surface area contributed by atoms with Gasteiger partial charge in [0.05, 0.1) is 24.4 Å². The molecule has 0 spiro atoms. The van der Waals surface area contributed by atoms with E-state index in [0.717, 1.165) is 0 Å². The van der Waals surface area contributed by atoms with Gasteiger partial charge < -0.3 is 9.47 Å². The van der Waals surface area contributed by atoms with Crippen LogP contribution in [0.4, 0.5) is 0 Å². The van der Waals surface area contributed by atoms with Gasteiger partial charge in [0.2, 0.25) is 0 Å². The molecule has 0 atom stereocenters. The highest BCUT2D eigenvalue weighted by Gasteiger charge is 2.17. The van der Waals surface area contributed by atoms with Crippen molar-refractivity contribution in [2.24, 2.45) is 0 Å². The van der Waals surface area contributed by atoms with E-state index in [2.05, 4.69) is 0 Å². The molecular weight excluding hydrogens is 260 g/mol. The van der Waals surface area contributed by atoms with Crippen LogP contribution in [0.25, 0.3) is 0 Å². The molecule has 5 nitrogen and oxygen atoms in total. The molecule has 0 heterocycles. The lowest BCUT2D eigenvalue weighted by atomic mass is 10.1. The van der Waals surface area contributed by atoms with Crippen LogP contribution in [0, 0.1) is 0 Å². The van der Waals surface area contributed by atoms with Gasteiger partial charge in [0.15, 0.2) is 0 Å². The number of ether oxygens (including phenoxy) is 2. The summed E-state index contributed by atoms with van der Waals surface area (Å²) in [5.74, 6) is 0.0873. The van der Waals surface area contributed by atoms with Gasteiger partial charge >= 0.3 is 5.97 Å². The first-order valence-electron chi connectivity index (χ1n) is 6.60. The maximum Gasteiger partial charge on any atom is 0.373 e. The molecular formula is C15H22O5. The fourth-order valence-electron chi connectivity index (χ4n) is 1.41. The molecule has 0 aromatic heterocycles. The van der Waals surface area contributed by atoms with Crippen LogP contribution in [0.1, 0.15) is 37.6 Å². The number of rotatable bonds is 8. The second kappa shape index (κ2) is 7.87. The largest absolute Gasteiger partial charge is 0.494 e. The average molecular weight is 282 g/mol. The summed E-state index contributed by atoms with van der Waals surface area (Å²) in [6, 6.07) is 6.78. The van der Waals surface area contributed by atoms with Gasteiger partial charge in [0, 0.05) is 13.5 Å². The van der Waals surface area contributed by atoms with Crippen LogP contribution in [0.3, 0.4) is 0 Å². The second-order valence-electron chi connectivity index (χ2n) is 4.87. The first-order chi connectivity index (χ1) is 9.48. The van der Waals surface area contributed by atoms with Crippen LogP contribution >= 0.6 is 0 Å². The Morgan fingerprint density at radius 3 is 2.70 bits per heavy atom. The second-order valence-corrected chi connectivity index (χ2v) is 4.87. The number of carbonyl (C=O) groups is 1. The molecule has 0 saturated heterocycles. The lowest BCUT2D eigenvalue weighted by Crippen LogP contribution is -2.24. The van der Waals surface area contributed by atoms with E-state index in [1.165, 1.54) is 0 Å². The van der Waals surface area contributed by atoms with E-state index in [-0.39, 0.29) is 12.2 Å². The van der Waals surface area contributed by atoms with Crippen molar-refractivity contribution in [3.63, 3.8) is 0 Å². The topological polar surface area (TPSA) is 54.0 Å². The molecule has 0 aliphatic heterocycles. The van der Waals surface area contributed by atoms with Gasteiger partial charge in [0.25, 0.3) is 0 Å². The normalized spacial score (nSPS) is 11.2. The third-order valence-corrected chi connectivity index (χ3v) is 2.86. The smallest absolute Gasteiger partial charge is 0.373 e. The van der Waals surface area contributed by atoms with Crippen LogP contribution in [0.5, 0.6) is 5.75 Å². The van der Waals surface area contributed by atoms with Crippen molar-refractivity contribution >= 4 is 5.97 Å². The summed E-state index contributed by atoms with van der Waals surface area (Å²) < 4.78 is 10.6. The quantitative estimate of drug-likeness (QED) is 0.417. The summed E-state index contributed by atoms with van der Waals surface area (Å²) >= 11 is 0. The van der Waals surface area contributed by atoms with E-state index in [9.17, 15) is 4.79 Å². The number of benzene rings is 1. The van der Waals surface area contributed by atoms with Crippen LogP contribution in [-0.4, -0.2) is 31.9 Å². The lowest BCUT2D eigenvalue weighted by Gasteiger charge is -2.21. The molecule has 0 bridgehead atoms. The minimum Gasteiger partial charge on any atom is -0.494 e. The summed E-state index contributed by atoms with van der Waals surface area (Å²) in [4.78, 5) is 21.4. The number of carbonyl (C=O) groups excluding carboxylic acids is 1. The van der Waals surface area contributed by atoms with Crippen molar-refractivity contribution < 1.29 is 24.0 Å².